The largest absolute Gasteiger partial charge is 0.361 e. The van der Waals surface area contributed by atoms with E-state index >= 15 is 0 Å². The minimum atomic E-state index is -3.29. The topological polar surface area (TPSA) is 72.2 Å². The molecule has 0 aliphatic heterocycles. The van der Waals surface area contributed by atoms with Gasteiger partial charge in [0.25, 0.3) is 0 Å². The van der Waals surface area contributed by atoms with Crippen molar-refractivity contribution in [2.75, 3.05) is 0 Å². The van der Waals surface area contributed by atoms with E-state index < -0.39 is 10.0 Å². The highest BCUT2D eigenvalue weighted by Crippen LogP contribution is 2.18. The molecule has 96 valence electrons. The Morgan fingerprint density at radius 1 is 1.41 bits per heavy atom. The van der Waals surface area contributed by atoms with Crippen molar-refractivity contribution in [3.8, 4) is 0 Å². The van der Waals surface area contributed by atoms with Gasteiger partial charge in [-0.3, -0.25) is 0 Å². The van der Waals surface area contributed by atoms with Crippen molar-refractivity contribution in [2.45, 2.75) is 50.8 Å². The monoisotopic (exact) mass is 258 g/mol. The van der Waals surface area contributed by atoms with Crippen molar-refractivity contribution in [1.29, 1.82) is 0 Å². The van der Waals surface area contributed by atoms with Crippen LogP contribution in [0.3, 0.4) is 0 Å². The first kappa shape index (κ1) is 12.6. The van der Waals surface area contributed by atoms with Crippen LogP contribution in [0.5, 0.6) is 0 Å². The second kappa shape index (κ2) is 5.18. The molecule has 0 spiro atoms. The Hall–Kier alpha value is -0.880. The van der Waals surface area contributed by atoms with Crippen LogP contribution < -0.4 is 4.72 Å². The highest BCUT2D eigenvalue weighted by molar-refractivity contribution is 7.88. The number of hydrogen-bond donors (Lipinski definition) is 1. The molecule has 0 radical (unpaired) electrons. The molecule has 0 unspecified atom stereocenters. The minimum Gasteiger partial charge on any atom is -0.361 e. The molecule has 0 saturated heterocycles. The molecule has 1 saturated carbocycles. The van der Waals surface area contributed by atoms with E-state index in [1.807, 2.05) is 0 Å². The van der Waals surface area contributed by atoms with Gasteiger partial charge < -0.3 is 4.52 Å². The normalized spacial score (nSPS) is 18.4. The lowest BCUT2D eigenvalue weighted by molar-refractivity contribution is 0.391. The average Bonchev–Trinajstić information content (AvgIpc) is 2.63. The third-order valence-electron chi connectivity index (χ3n) is 2.97. The molecule has 0 aromatic carbocycles. The van der Waals surface area contributed by atoms with Crippen LogP contribution in [0.4, 0.5) is 0 Å². The average molecular weight is 258 g/mol. The summed E-state index contributed by atoms with van der Waals surface area (Å²) in [6.07, 6.45) is 5.31. The SMILES string of the molecule is Cc1cc(CS(=O)(=O)NC2CCCCC2)no1. The number of hydrogen-bond acceptors (Lipinski definition) is 4. The summed E-state index contributed by atoms with van der Waals surface area (Å²) in [6, 6.07) is 1.75. The molecular formula is C11H18N2O3S. The summed E-state index contributed by atoms with van der Waals surface area (Å²) in [4.78, 5) is 0. The molecule has 5 nitrogen and oxygen atoms in total. The number of aromatic nitrogens is 1. The summed E-state index contributed by atoms with van der Waals surface area (Å²) in [6.45, 7) is 1.75. The van der Waals surface area contributed by atoms with Crippen molar-refractivity contribution in [1.82, 2.24) is 9.88 Å². The highest BCUT2D eigenvalue weighted by atomic mass is 32.2. The maximum Gasteiger partial charge on any atom is 0.217 e. The summed E-state index contributed by atoms with van der Waals surface area (Å²) in [5, 5.41) is 3.70. The van der Waals surface area contributed by atoms with E-state index in [-0.39, 0.29) is 11.8 Å². The van der Waals surface area contributed by atoms with Crippen LogP contribution in [0.25, 0.3) is 0 Å². The number of nitrogens with one attached hydrogen (secondary N) is 1. The van der Waals surface area contributed by atoms with E-state index in [0.717, 1.165) is 25.7 Å². The first-order valence-corrected chi connectivity index (χ1v) is 7.62. The Balaban J connectivity index is 1.94. The van der Waals surface area contributed by atoms with Gasteiger partial charge in [0.15, 0.2) is 0 Å². The summed E-state index contributed by atoms with van der Waals surface area (Å²) in [5.74, 6) is 0.536. The molecule has 1 aliphatic rings. The van der Waals surface area contributed by atoms with Gasteiger partial charge in [0.2, 0.25) is 10.0 Å². The Morgan fingerprint density at radius 2 is 2.12 bits per heavy atom. The van der Waals surface area contributed by atoms with Crippen LogP contribution in [0.2, 0.25) is 0 Å². The van der Waals surface area contributed by atoms with Gasteiger partial charge in [-0.1, -0.05) is 24.4 Å². The quantitative estimate of drug-likeness (QED) is 0.892. The maximum absolute atomic E-state index is 11.9. The number of aryl methyl sites for hydroxylation is 1. The zero-order chi connectivity index (χ0) is 12.3. The zero-order valence-corrected chi connectivity index (χ0v) is 10.8. The van der Waals surface area contributed by atoms with Crippen LogP contribution in [-0.2, 0) is 15.8 Å². The Bertz CT molecular complexity index is 461. The van der Waals surface area contributed by atoms with E-state index in [9.17, 15) is 8.42 Å². The van der Waals surface area contributed by atoms with Crippen molar-refractivity contribution in [3.05, 3.63) is 17.5 Å². The van der Waals surface area contributed by atoms with Crippen LogP contribution >= 0.6 is 0 Å². The van der Waals surface area contributed by atoms with Gasteiger partial charge in [0.05, 0.1) is 0 Å². The van der Waals surface area contributed by atoms with Crippen molar-refractivity contribution < 1.29 is 12.9 Å². The van der Waals surface area contributed by atoms with Crippen LogP contribution in [0.1, 0.15) is 43.6 Å². The second-order valence-corrected chi connectivity index (χ2v) is 6.39. The molecular weight excluding hydrogens is 240 g/mol. The molecule has 1 N–H and O–H groups in total. The number of sulfonamides is 1. The molecule has 0 amide bonds. The molecule has 1 aromatic heterocycles. The molecule has 1 fully saturated rings. The molecule has 6 heteroatoms. The fourth-order valence-corrected chi connectivity index (χ4v) is 3.55. The third kappa shape index (κ3) is 3.81. The smallest absolute Gasteiger partial charge is 0.217 e. The van der Waals surface area contributed by atoms with Crippen LogP contribution in [0, 0.1) is 6.92 Å². The number of nitrogens with zero attached hydrogens (tertiary/aromatic N) is 1. The predicted octanol–water partition coefficient (Wildman–Crippen LogP) is 1.74. The highest BCUT2D eigenvalue weighted by Gasteiger charge is 2.21. The molecule has 1 aromatic rings. The van der Waals surface area contributed by atoms with Gasteiger partial charge in [-0.05, 0) is 19.8 Å². The fraction of sp³-hybridized carbons (Fsp3) is 0.727. The molecule has 1 heterocycles. The zero-order valence-electron chi connectivity index (χ0n) is 9.98. The standard InChI is InChI=1S/C11H18N2O3S/c1-9-7-11(12-16-9)8-17(14,15)13-10-5-3-2-4-6-10/h7,10,13H,2-6,8H2,1H3. The summed E-state index contributed by atoms with van der Waals surface area (Å²) in [7, 11) is -3.29. The number of rotatable bonds is 4. The van der Waals surface area contributed by atoms with Crippen LogP contribution in [0.15, 0.2) is 10.6 Å². The van der Waals surface area contributed by atoms with Gasteiger partial charge in [0.1, 0.15) is 17.2 Å². The Morgan fingerprint density at radius 3 is 2.71 bits per heavy atom. The molecule has 0 bridgehead atoms. The lowest BCUT2D eigenvalue weighted by atomic mass is 9.96. The summed E-state index contributed by atoms with van der Waals surface area (Å²) in [5.41, 5.74) is 0.464. The third-order valence-corrected chi connectivity index (χ3v) is 4.33. The van der Waals surface area contributed by atoms with Gasteiger partial charge in [0, 0.05) is 12.1 Å². The van der Waals surface area contributed by atoms with Crippen molar-refractivity contribution in [3.63, 3.8) is 0 Å². The Labute approximate surface area is 102 Å². The molecule has 0 atom stereocenters. The van der Waals surface area contributed by atoms with Gasteiger partial charge in [-0.2, -0.15) is 0 Å². The lowest BCUT2D eigenvalue weighted by Crippen LogP contribution is -2.36. The van der Waals surface area contributed by atoms with E-state index in [2.05, 4.69) is 9.88 Å². The first-order chi connectivity index (χ1) is 8.05. The second-order valence-electron chi connectivity index (χ2n) is 4.64. The molecule has 2 rings (SSSR count). The van der Waals surface area contributed by atoms with Crippen molar-refractivity contribution >= 4 is 10.0 Å². The minimum absolute atomic E-state index is 0.0964. The summed E-state index contributed by atoms with van der Waals surface area (Å²) >= 11 is 0. The van der Waals surface area contributed by atoms with E-state index in [4.69, 9.17) is 4.52 Å². The van der Waals surface area contributed by atoms with Gasteiger partial charge in [-0.15, -0.1) is 0 Å². The van der Waals surface area contributed by atoms with E-state index in [0.29, 0.717) is 11.5 Å². The van der Waals surface area contributed by atoms with Gasteiger partial charge in [-0.25, -0.2) is 13.1 Å². The van der Waals surface area contributed by atoms with E-state index in [1.165, 1.54) is 6.42 Å². The fourth-order valence-electron chi connectivity index (χ4n) is 2.20. The maximum atomic E-state index is 11.9. The summed E-state index contributed by atoms with van der Waals surface area (Å²) < 4.78 is 31.4. The lowest BCUT2D eigenvalue weighted by Gasteiger charge is -2.22. The van der Waals surface area contributed by atoms with Crippen LogP contribution in [-0.4, -0.2) is 19.6 Å². The molecule has 1 aliphatic carbocycles. The van der Waals surface area contributed by atoms with Crippen molar-refractivity contribution in [2.24, 2.45) is 0 Å². The molecule has 17 heavy (non-hydrogen) atoms. The van der Waals surface area contributed by atoms with Gasteiger partial charge >= 0.3 is 0 Å². The Kier molecular flexibility index (Phi) is 3.83. The first-order valence-electron chi connectivity index (χ1n) is 5.97. The van der Waals surface area contributed by atoms with E-state index in [1.54, 1.807) is 13.0 Å². The predicted molar refractivity (Wildman–Crippen MR) is 63.9 cm³/mol.